The molecule has 0 atom stereocenters. The molecule has 1 aromatic rings. The molecule has 1 fully saturated rings. The number of hydrogen-bond acceptors (Lipinski definition) is 3. The number of hydrogen-bond donors (Lipinski definition) is 1. The highest BCUT2D eigenvalue weighted by Gasteiger charge is 2.22. The number of β-amino-alcohol motifs (C(OH)–C–C–N with tert-alkyl or cyclic N) is 1. The third kappa shape index (κ3) is 4.94. The number of aryl methyl sites for hydroxylation is 1. The molecule has 2 rings (SSSR count). The second-order valence-corrected chi connectivity index (χ2v) is 6.35. The van der Waals surface area contributed by atoms with Crippen molar-refractivity contribution in [3.05, 3.63) is 35.4 Å². The predicted molar refractivity (Wildman–Crippen MR) is 79.2 cm³/mol. The topological polar surface area (TPSA) is 26.7 Å². The molecule has 106 valence electrons. The van der Waals surface area contributed by atoms with Crippen LogP contribution in [0.15, 0.2) is 24.3 Å². The maximum Gasteiger partial charge on any atom is 0.0718 e. The van der Waals surface area contributed by atoms with E-state index in [2.05, 4.69) is 41.0 Å². The van der Waals surface area contributed by atoms with Crippen molar-refractivity contribution < 1.29 is 5.11 Å². The smallest absolute Gasteiger partial charge is 0.0718 e. The molecule has 1 aliphatic heterocycles. The molecule has 0 spiro atoms. The number of piperazine rings is 1. The van der Waals surface area contributed by atoms with Crippen molar-refractivity contribution in [2.45, 2.75) is 32.9 Å². The maximum absolute atomic E-state index is 9.84. The first kappa shape index (κ1) is 14.5. The van der Waals surface area contributed by atoms with E-state index in [1.54, 1.807) is 0 Å². The lowest BCUT2D eigenvalue weighted by Crippen LogP contribution is -2.50. The number of benzene rings is 1. The van der Waals surface area contributed by atoms with Gasteiger partial charge >= 0.3 is 0 Å². The van der Waals surface area contributed by atoms with Crippen LogP contribution >= 0.6 is 0 Å². The Hall–Kier alpha value is -0.900. The standard InChI is InChI=1S/C16H26N2O/c1-14-4-6-15(7-5-14)12-17-8-10-18(11-9-17)13-16(2,3)19/h4-7,19H,8-13H2,1-3H3. The van der Waals surface area contributed by atoms with E-state index < -0.39 is 5.60 Å². The molecule has 3 nitrogen and oxygen atoms in total. The van der Waals surface area contributed by atoms with Gasteiger partial charge in [0.25, 0.3) is 0 Å². The van der Waals surface area contributed by atoms with Crippen LogP contribution in [-0.4, -0.2) is 53.2 Å². The molecule has 1 aliphatic rings. The Balaban J connectivity index is 1.79. The third-order valence-electron chi connectivity index (χ3n) is 3.60. The Bertz CT molecular complexity index is 386. The van der Waals surface area contributed by atoms with Gasteiger partial charge in [-0.2, -0.15) is 0 Å². The molecule has 3 heteroatoms. The zero-order valence-corrected chi connectivity index (χ0v) is 12.4. The minimum absolute atomic E-state index is 0.584. The van der Waals surface area contributed by atoms with E-state index >= 15 is 0 Å². The zero-order chi connectivity index (χ0) is 13.9. The Kier molecular flexibility index (Phi) is 4.61. The average Bonchev–Trinajstić information content (AvgIpc) is 2.33. The highest BCUT2D eigenvalue weighted by atomic mass is 16.3. The van der Waals surface area contributed by atoms with Gasteiger partial charge in [-0.3, -0.25) is 9.80 Å². The molecule has 0 amide bonds. The number of rotatable bonds is 4. The van der Waals surface area contributed by atoms with Crippen LogP contribution in [0.1, 0.15) is 25.0 Å². The first-order valence-corrected chi connectivity index (χ1v) is 7.15. The predicted octanol–water partition coefficient (Wildman–Crippen LogP) is 1.88. The van der Waals surface area contributed by atoms with E-state index in [9.17, 15) is 5.11 Å². The highest BCUT2D eigenvalue weighted by molar-refractivity contribution is 5.21. The van der Waals surface area contributed by atoms with E-state index in [0.717, 1.165) is 39.3 Å². The van der Waals surface area contributed by atoms with Crippen molar-refractivity contribution in [2.75, 3.05) is 32.7 Å². The molecule has 1 N–H and O–H groups in total. The summed E-state index contributed by atoms with van der Waals surface area (Å²) in [6, 6.07) is 8.80. The van der Waals surface area contributed by atoms with Crippen LogP contribution in [0.5, 0.6) is 0 Å². The van der Waals surface area contributed by atoms with Crippen LogP contribution in [-0.2, 0) is 6.54 Å². The lowest BCUT2D eigenvalue weighted by molar-refractivity contribution is 0.0167. The molecule has 0 aliphatic carbocycles. The van der Waals surface area contributed by atoms with Gasteiger partial charge in [0.15, 0.2) is 0 Å². The fourth-order valence-electron chi connectivity index (χ4n) is 2.60. The highest BCUT2D eigenvalue weighted by Crippen LogP contribution is 2.12. The van der Waals surface area contributed by atoms with Crippen molar-refractivity contribution >= 4 is 0 Å². The van der Waals surface area contributed by atoms with Crippen LogP contribution in [0.3, 0.4) is 0 Å². The van der Waals surface area contributed by atoms with Gasteiger partial charge in [0.05, 0.1) is 5.60 Å². The van der Waals surface area contributed by atoms with Gasteiger partial charge in [0.2, 0.25) is 0 Å². The Morgan fingerprint density at radius 1 is 1.00 bits per heavy atom. The molecule has 1 heterocycles. The quantitative estimate of drug-likeness (QED) is 0.897. The van der Waals surface area contributed by atoms with Crippen LogP contribution < -0.4 is 0 Å². The molecule has 0 aromatic heterocycles. The van der Waals surface area contributed by atoms with Gasteiger partial charge in [-0.25, -0.2) is 0 Å². The SMILES string of the molecule is Cc1ccc(CN2CCN(CC(C)(C)O)CC2)cc1. The van der Waals surface area contributed by atoms with Crippen LogP contribution in [0.2, 0.25) is 0 Å². The van der Waals surface area contributed by atoms with Crippen molar-refractivity contribution in [1.29, 1.82) is 0 Å². The summed E-state index contributed by atoms with van der Waals surface area (Å²) < 4.78 is 0. The van der Waals surface area contributed by atoms with Crippen molar-refractivity contribution in [3.8, 4) is 0 Å². The molecule has 1 saturated heterocycles. The molecular weight excluding hydrogens is 236 g/mol. The van der Waals surface area contributed by atoms with E-state index in [-0.39, 0.29) is 0 Å². The van der Waals surface area contributed by atoms with Gasteiger partial charge in [0, 0.05) is 39.3 Å². The van der Waals surface area contributed by atoms with Crippen LogP contribution in [0.4, 0.5) is 0 Å². The summed E-state index contributed by atoms with van der Waals surface area (Å²) in [5.41, 5.74) is 2.12. The largest absolute Gasteiger partial charge is 0.389 e. The normalized spacial score (nSPS) is 18.7. The van der Waals surface area contributed by atoms with Gasteiger partial charge in [-0.05, 0) is 26.3 Å². The first-order chi connectivity index (χ1) is 8.92. The summed E-state index contributed by atoms with van der Waals surface area (Å²) >= 11 is 0. The number of aliphatic hydroxyl groups is 1. The Labute approximate surface area is 116 Å². The molecule has 19 heavy (non-hydrogen) atoms. The Morgan fingerprint density at radius 2 is 1.53 bits per heavy atom. The van der Waals surface area contributed by atoms with Crippen LogP contribution in [0, 0.1) is 6.92 Å². The van der Waals surface area contributed by atoms with E-state index in [4.69, 9.17) is 0 Å². The van der Waals surface area contributed by atoms with Gasteiger partial charge in [-0.15, -0.1) is 0 Å². The van der Waals surface area contributed by atoms with Crippen molar-refractivity contribution in [3.63, 3.8) is 0 Å². The first-order valence-electron chi connectivity index (χ1n) is 7.15. The maximum atomic E-state index is 9.84. The van der Waals surface area contributed by atoms with Gasteiger partial charge in [0.1, 0.15) is 0 Å². The molecule has 0 unspecified atom stereocenters. The third-order valence-corrected chi connectivity index (χ3v) is 3.60. The number of nitrogens with zero attached hydrogens (tertiary/aromatic N) is 2. The summed E-state index contributed by atoms with van der Waals surface area (Å²) in [5, 5.41) is 9.84. The summed E-state index contributed by atoms with van der Waals surface area (Å²) in [7, 11) is 0. The lowest BCUT2D eigenvalue weighted by atomic mass is 10.1. The molecule has 0 radical (unpaired) electrons. The fourth-order valence-corrected chi connectivity index (χ4v) is 2.60. The van der Waals surface area contributed by atoms with Crippen LogP contribution in [0.25, 0.3) is 0 Å². The summed E-state index contributed by atoms with van der Waals surface area (Å²) in [6.45, 7) is 12.0. The summed E-state index contributed by atoms with van der Waals surface area (Å²) in [5.74, 6) is 0. The lowest BCUT2D eigenvalue weighted by Gasteiger charge is -2.37. The second-order valence-electron chi connectivity index (χ2n) is 6.35. The average molecular weight is 262 g/mol. The molecular formula is C16H26N2O. The van der Waals surface area contributed by atoms with Gasteiger partial charge in [-0.1, -0.05) is 29.8 Å². The van der Waals surface area contributed by atoms with Crippen molar-refractivity contribution in [1.82, 2.24) is 9.80 Å². The zero-order valence-electron chi connectivity index (χ0n) is 12.4. The summed E-state index contributed by atoms with van der Waals surface area (Å²) in [4.78, 5) is 4.84. The molecule has 0 saturated carbocycles. The van der Waals surface area contributed by atoms with E-state index in [1.165, 1.54) is 11.1 Å². The molecule has 0 bridgehead atoms. The summed E-state index contributed by atoms with van der Waals surface area (Å²) in [6.07, 6.45) is 0. The Morgan fingerprint density at radius 3 is 2.05 bits per heavy atom. The van der Waals surface area contributed by atoms with E-state index in [1.807, 2.05) is 13.8 Å². The minimum atomic E-state index is -0.584. The second kappa shape index (κ2) is 6.04. The fraction of sp³-hybridized carbons (Fsp3) is 0.625. The minimum Gasteiger partial charge on any atom is -0.389 e. The van der Waals surface area contributed by atoms with Crippen molar-refractivity contribution in [2.24, 2.45) is 0 Å². The molecule has 1 aromatic carbocycles. The van der Waals surface area contributed by atoms with Gasteiger partial charge < -0.3 is 5.11 Å². The monoisotopic (exact) mass is 262 g/mol. The van der Waals surface area contributed by atoms with E-state index in [0.29, 0.717) is 0 Å².